The molecule has 4 aromatic carbocycles. The van der Waals surface area contributed by atoms with Crippen molar-refractivity contribution in [3.63, 3.8) is 0 Å². The van der Waals surface area contributed by atoms with Gasteiger partial charge in [0.2, 0.25) is 11.5 Å². The minimum absolute atomic E-state index is 0. The molecule has 0 amide bonds. The molecule has 2 unspecified atom stereocenters. The summed E-state index contributed by atoms with van der Waals surface area (Å²) in [5, 5.41) is 7.32. The minimum atomic E-state index is -6.09. The van der Waals surface area contributed by atoms with E-state index in [1.54, 1.807) is 109 Å². The zero-order valence-corrected chi connectivity index (χ0v) is 50.7. The Kier molecular flexibility index (Phi) is 31.1. The maximum atomic E-state index is 13.4. The van der Waals surface area contributed by atoms with E-state index in [1.165, 1.54) is 50.2 Å². The predicted molar refractivity (Wildman–Crippen MR) is 264 cm³/mol. The summed E-state index contributed by atoms with van der Waals surface area (Å²) in [5.74, 6) is -2.71. The molecule has 1 N–H and O–H groups in total. The summed E-state index contributed by atoms with van der Waals surface area (Å²) in [6.45, 7) is 4.04. The molecule has 0 fully saturated rings. The van der Waals surface area contributed by atoms with Gasteiger partial charge in [-0.05, 0) is 55.3 Å². The Morgan fingerprint density at radius 3 is 1.42 bits per heavy atom. The quantitative estimate of drug-likeness (QED) is 0.0486. The molecule has 77 heavy (non-hydrogen) atoms. The first-order valence-electron chi connectivity index (χ1n) is 21.3. The third kappa shape index (κ3) is 22.2. The number of benzene rings is 4. The van der Waals surface area contributed by atoms with Crippen molar-refractivity contribution in [2.45, 2.75) is 65.5 Å². The van der Waals surface area contributed by atoms with Crippen LogP contribution >= 0.6 is 0 Å². The molecule has 0 saturated heterocycles. The van der Waals surface area contributed by atoms with Crippen LogP contribution in [0.3, 0.4) is 0 Å². The van der Waals surface area contributed by atoms with Crippen LogP contribution in [0.4, 0.5) is 26.3 Å². The van der Waals surface area contributed by atoms with Crippen LogP contribution in [0.25, 0.3) is 1.43 Å². The summed E-state index contributed by atoms with van der Waals surface area (Å²) in [5.41, 5.74) is -7.92. The van der Waals surface area contributed by atoms with Crippen LogP contribution in [0.15, 0.2) is 156 Å². The zero-order chi connectivity index (χ0) is 57.2. The fourth-order valence-electron chi connectivity index (χ4n) is 6.17. The first kappa shape index (κ1) is 71.8. The molecule has 0 radical (unpaired) electrons. The molecule has 4 aromatic rings. The van der Waals surface area contributed by atoms with Gasteiger partial charge in [-0.15, -0.1) is 4.31 Å². The second-order valence-corrected chi connectivity index (χ2v) is 21.0. The summed E-state index contributed by atoms with van der Waals surface area (Å²) < 4.78 is 193. The van der Waals surface area contributed by atoms with E-state index >= 15 is 0 Å². The Balaban J connectivity index is -0.00000105. The van der Waals surface area contributed by atoms with E-state index in [4.69, 9.17) is 30.5 Å². The van der Waals surface area contributed by atoms with Crippen molar-refractivity contribution < 1.29 is 132 Å². The fourth-order valence-corrected chi connectivity index (χ4v) is 9.11. The topological polar surface area (TPSA) is 263 Å². The molecule has 2 heterocycles. The molecule has 5 atom stereocenters. The molecule has 29 heteroatoms. The van der Waals surface area contributed by atoms with Crippen LogP contribution in [0, 0.1) is 46.5 Å². The third-order valence-electron chi connectivity index (χ3n) is 9.56. The summed E-state index contributed by atoms with van der Waals surface area (Å²) in [4.78, 5) is 25.4. The van der Waals surface area contributed by atoms with Gasteiger partial charge in [-0.2, -0.15) is 40.0 Å². The molecule has 0 saturated carbocycles. The number of esters is 2. The molecule has 2 aliphatic rings. The van der Waals surface area contributed by atoms with Gasteiger partial charge in [-0.25, -0.2) is 25.3 Å². The van der Waals surface area contributed by atoms with Crippen molar-refractivity contribution in [1.29, 1.82) is 6.69 Å². The van der Waals surface area contributed by atoms with Gasteiger partial charge in [0.1, 0.15) is 24.4 Å². The van der Waals surface area contributed by atoms with Crippen LogP contribution in [0.1, 0.15) is 42.4 Å². The van der Waals surface area contributed by atoms with Crippen LogP contribution in [-0.2, 0) is 101 Å². The second-order valence-electron chi connectivity index (χ2n) is 14.6. The number of methoxy groups -OCH3 is 2. The number of nitriles is 1. The van der Waals surface area contributed by atoms with E-state index in [2.05, 4.69) is 4.56 Å². The van der Waals surface area contributed by atoms with Gasteiger partial charge >= 0.3 is 33.1 Å². The molecule has 0 spiro atoms. The SMILES string of the molecule is CC#N.COC(=O)C(c1ccccc1)[C@H]1C=CC=CN1S(=O)(=O)c1ccc(C)cc1.O=S(=O)([O-])C(F)(F)F.[2H]OS(=O)(=O)C(F)(F)F.[2H][C@H]1[CH+]C=C[C@H](C(C(=O)OC)c2ccccc2)N1S(=O)(=O)c1ccc(C)cc1.[CH3-].[CH3-].[W].[W]. The largest absolute Gasteiger partial charge is 0.741 e. The number of rotatable bonds is 11. The average molecular weight is 1510 g/mol. The third-order valence-corrected chi connectivity index (χ3v) is 14.3. The molecule has 6 rings (SSSR count). The van der Waals surface area contributed by atoms with E-state index in [9.17, 15) is 61.2 Å². The van der Waals surface area contributed by atoms with E-state index in [0.717, 1.165) is 15.4 Å². The number of ether oxygens (including phenoxy) is 2. The Labute approximate surface area is 477 Å². The van der Waals surface area contributed by atoms with Crippen molar-refractivity contribution in [3.8, 4) is 6.07 Å². The molecule has 2 aliphatic heterocycles. The molecular weight excluding hydrogens is 1450 g/mol. The first-order chi connectivity index (χ1) is 34.8. The van der Waals surface area contributed by atoms with E-state index in [0.29, 0.717) is 11.1 Å². The number of hydrogen-bond donors (Lipinski definition) is 1. The predicted octanol–water partition coefficient (Wildman–Crippen LogP) is 8.35. The number of halogens is 6. The molecular formula is C48H53F6N3O14S4W2-2. The number of sulfonamides is 2. The van der Waals surface area contributed by atoms with Gasteiger partial charge in [0, 0.05) is 55.3 Å². The van der Waals surface area contributed by atoms with Crippen LogP contribution in [0.2, 0.25) is 0 Å². The van der Waals surface area contributed by atoms with Gasteiger partial charge < -0.3 is 28.9 Å². The number of allylic oxidation sites excluding steroid dienone is 2. The van der Waals surface area contributed by atoms with Crippen molar-refractivity contribution in [2.24, 2.45) is 0 Å². The van der Waals surface area contributed by atoms with Crippen molar-refractivity contribution >= 4 is 52.2 Å². The standard InChI is InChI=1S/C21H22NO4S.C21H21NO4S.C2H3N.2CHF3O3S.2CH3.2W/c2*1-16-11-13-18(14-12-16)27(24,25)22-15-7-6-10-19(22)20(21(23)26-2)17-8-4-3-5-9-17;1-2-3;2*2-1(3,4)8(5,6)7;;;;/h3-14,19-20H,15H2,1-2H3;3-15,19-20H,1-2H3;1H3;2*(H,5,6,7);2*1H3;;/q+1;;;;;2*-1;;/p-1/t2*19-,20?;;;;;;;/m11......./s1/i15D;;;;;;;;/hD/t15-,19+,20?;;;;;;;;/m0......... The van der Waals surface area contributed by atoms with E-state index in [-0.39, 0.29) is 66.8 Å². The number of nitrogens with zero attached hydrogens (tertiary/aromatic N) is 3. The Morgan fingerprint density at radius 1 is 0.701 bits per heavy atom. The molecule has 0 bridgehead atoms. The summed E-state index contributed by atoms with van der Waals surface area (Å²) in [6, 6.07) is 31.2. The summed E-state index contributed by atoms with van der Waals surface area (Å²) in [7, 11) is -17.0. The Morgan fingerprint density at radius 2 is 1.08 bits per heavy atom. The Bertz CT molecular complexity index is 3130. The smallest absolute Gasteiger partial charge is 0.522 e. The summed E-state index contributed by atoms with van der Waals surface area (Å²) in [6.07, 6.45) is 11.3. The maximum absolute atomic E-state index is 13.4. The average Bonchev–Trinajstić information content (AvgIpc) is 3.35. The molecule has 17 nitrogen and oxygen atoms in total. The zero-order valence-electron chi connectivity index (χ0n) is 43.6. The number of aryl methyl sites for hydroxylation is 2. The van der Waals surface area contributed by atoms with Crippen molar-refractivity contribution in [2.75, 3.05) is 20.7 Å². The minimum Gasteiger partial charge on any atom is -0.741 e. The van der Waals surface area contributed by atoms with Crippen LogP contribution in [0.5, 0.6) is 0 Å². The number of carbonyl (C=O) groups is 2. The van der Waals surface area contributed by atoms with Gasteiger partial charge in [0.05, 0.1) is 56.1 Å². The van der Waals surface area contributed by atoms with E-state index < -0.39 is 93.7 Å². The number of hydrogen-bond acceptors (Lipinski definition) is 15. The second kappa shape index (κ2) is 33.3. The van der Waals surface area contributed by atoms with E-state index in [1.807, 2.05) is 38.1 Å². The van der Waals surface area contributed by atoms with Crippen molar-refractivity contribution in [1.82, 2.24) is 8.61 Å². The van der Waals surface area contributed by atoms with Crippen LogP contribution < -0.4 is 0 Å². The van der Waals surface area contributed by atoms with Gasteiger partial charge in [-0.3, -0.25) is 18.4 Å². The number of alkyl halides is 6. The molecule has 424 valence electrons. The first-order valence-corrected chi connectivity index (χ1v) is 26.0. The summed E-state index contributed by atoms with van der Waals surface area (Å²) >= 11 is 0. The maximum Gasteiger partial charge on any atom is 0.522 e. The normalized spacial score (nSPS) is 17.0. The fraction of sp³-hybridized carbons (Fsp3) is 0.250. The molecule has 0 aromatic heterocycles. The Hall–Kier alpha value is -5.16. The van der Waals surface area contributed by atoms with Gasteiger partial charge in [0.25, 0.3) is 10.0 Å². The van der Waals surface area contributed by atoms with Gasteiger partial charge in [-0.1, -0.05) is 108 Å². The molecule has 0 aliphatic carbocycles. The monoisotopic (exact) mass is 1510 g/mol. The number of carbonyl (C=O) groups excluding carboxylic acids is 2. The van der Waals surface area contributed by atoms with Crippen molar-refractivity contribution in [3.05, 3.63) is 189 Å². The van der Waals surface area contributed by atoms with Crippen LogP contribution in [-0.4, -0.2) is 107 Å². The van der Waals surface area contributed by atoms with Gasteiger partial charge in [0.15, 0.2) is 10.1 Å².